The van der Waals surface area contributed by atoms with E-state index in [1.807, 2.05) is 42.1 Å². The highest BCUT2D eigenvalue weighted by Gasteiger charge is 2.23. The number of hydrogen-bond acceptors (Lipinski definition) is 5. The number of para-hydroxylation sites is 1. The van der Waals surface area contributed by atoms with E-state index < -0.39 is 0 Å². The molecule has 1 aliphatic rings. The molecular formula is C28H36ClN5O3. The van der Waals surface area contributed by atoms with Crippen molar-refractivity contribution in [2.75, 3.05) is 45.6 Å². The van der Waals surface area contributed by atoms with Gasteiger partial charge in [-0.15, -0.1) is 0 Å². The molecule has 4 N–H and O–H groups in total. The van der Waals surface area contributed by atoms with Gasteiger partial charge < -0.3 is 30.6 Å². The molecule has 0 spiro atoms. The van der Waals surface area contributed by atoms with Gasteiger partial charge in [-0.25, -0.2) is 0 Å². The molecule has 2 heterocycles. The number of ether oxygens (including phenoxy) is 1. The van der Waals surface area contributed by atoms with Gasteiger partial charge in [0.15, 0.2) is 0 Å². The number of unbranched alkanes of at least 4 members (excludes halogenated alkanes) is 2. The Hall–Kier alpha value is -3.23. The first-order chi connectivity index (χ1) is 17.9. The molecule has 1 saturated heterocycles. The molecule has 0 bridgehead atoms. The maximum Gasteiger partial charge on any atom is 0.255 e. The van der Waals surface area contributed by atoms with Crippen LogP contribution in [-0.2, 0) is 7.05 Å². The molecule has 198 valence electrons. The second-order valence-corrected chi connectivity index (χ2v) is 10.1. The molecule has 0 radical (unpaired) electrons. The summed E-state index contributed by atoms with van der Waals surface area (Å²) < 4.78 is 7.27. The first-order valence-corrected chi connectivity index (χ1v) is 13.2. The first kappa shape index (κ1) is 26.8. The van der Waals surface area contributed by atoms with Crippen LogP contribution >= 0.6 is 11.6 Å². The zero-order chi connectivity index (χ0) is 26.4. The summed E-state index contributed by atoms with van der Waals surface area (Å²) in [5.74, 6) is 0.614. The second kappa shape index (κ2) is 12.3. The number of carbonyl (C=O) groups is 2. The molecule has 2 aromatic carbocycles. The number of fused-ring (bicyclic) bond motifs is 1. The number of hydrogen-bond donors (Lipinski definition) is 3. The summed E-state index contributed by atoms with van der Waals surface area (Å²) >= 11 is 6.09. The molecule has 8 nitrogen and oxygen atoms in total. The van der Waals surface area contributed by atoms with E-state index >= 15 is 0 Å². The minimum atomic E-state index is -0.206. The molecule has 1 aromatic heterocycles. The number of nitrogens with one attached hydrogen (secondary N) is 2. The predicted molar refractivity (Wildman–Crippen MR) is 148 cm³/mol. The van der Waals surface area contributed by atoms with Crippen LogP contribution in [0.3, 0.4) is 0 Å². The minimum absolute atomic E-state index is 0.0138. The quantitative estimate of drug-likeness (QED) is 0.259. The van der Waals surface area contributed by atoms with Crippen molar-refractivity contribution in [2.24, 2.45) is 13.0 Å². The van der Waals surface area contributed by atoms with Crippen LogP contribution in [0.2, 0.25) is 5.02 Å². The van der Waals surface area contributed by atoms with Crippen molar-refractivity contribution in [3.05, 3.63) is 58.7 Å². The molecule has 9 heteroatoms. The van der Waals surface area contributed by atoms with Crippen molar-refractivity contribution in [3.8, 4) is 5.75 Å². The number of anilines is 1. The largest absolute Gasteiger partial charge is 0.496 e. The van der Waals surface area contributed by atoms with Gasteiger partial charge in [0.1, 0.15) is 5.75 Å². The fraction of sp³-hybridized carbons (Fsp3) is 0.429. The molecule has 1 aliphatic heterocycles. The number of nitrogen functional groups attached to an aromatic ring is 1. The molecule has 4 rings (SSSR count). The van der Waals surface area contributed by atoms with Gasteiger partial charge in [-0.05, 0) is 50.4 Å². The normalized spacial score (nSPS) is 15.7. The summed E-state index contributed by atoms with van der Waals surface area (Å²) in [4.78, 5) is 27.8. The van der Waals surface area contributed by atoms with Gasteiger partial charge in [-0.1, -0.05) is 36.2 Å². The van der Waals surface area contributed by atoms with Crippen LogP contribution in [0.15, 0.2) is 42.6 Å². The number of aromatic nitrogens is 1. The van der Waals surface area contributed by atoms with Gasteiger partial charge in [0, 0.05) is 49.8 Å². The number of amides is 2. The number of rotatable bonds is 11. The number of benzene rings is 2. The van der Waals surface area contributed by atoms with Crippen molar-refractivity contribution < 1.29 is 14.3 Å². The molecule has 1 atom stereocenters. The van der Waals surface area contributed by atoms with Crippen LogP contribution in [-0.4, -0.2) is 61.1 Å². The van der Waals surface area contributed by atoms with E-state index in [4.69, 9.17) is 22.1 Å². The number of methoxy groups -OCH3 is 1. The summed E-state index contributed by atoms with van der Waals surface area (Å²) in [6.07, 6.45) is 6.06. The van der Waals surface area contributed by atoms with E-state index in [0.717, 1.165) is 61.8 Å². The van der Waals surface area contributed by atoms with Gasteiger partial charge in [0.05, 0.1) is 28.9 Å². The number of nitrogens with two attached hydrogens (primary N) is 1. The zero-order valence-electron chi connectivity index (χ0n) is 21.6. The monoisotopic (exact) mass is 525 g/mol. The van der Waals surface area contributed by atoms with Gasteiger partial charge in [-0.3, -0.25) is 9.59 Å². The standard InChI is InChI=1S/C28H36ClN5O3/c1-33-18-22(20-8-4-5-9-25(20)33)28(36)31-11-6-3-7-12-34-13-10-19(17-34)16-32-27(35)21-14-23(29)24(30)15-26(21)37-2/h4-5,8-9,14-15,18-19H,3,6-7,10-13,16-17,30H2,1-2H3,(H,31,36)(H,32,35)/t19-/m0/s1. The lowest BCUT2D eigenvalue weighted by molar-refractivity contribution is 0.0940. The Balaban J connectivity index is 1.12. The maximum absolute atomic E-state index is 12.7. The Labute approximate surface area is 223 Å². The van der Waals surface area contributed by atoms with Crippen molar-refractivity contribution in [1.29, 1.82) is 0 Å². The fourth-order valence-electron chi connectivity index (χ4n) is 4.99. The van der Waals surface area contributed by atoms with Gasteiger partial charge in [0.25, 0.3) is 11.8 Å². The fourth-order valence-corrected chi connectivity index (χ4v) is 5.15. The lowest BCUT2D eigenvalue weighted by atomic mass is 10.1. The van der Waals surface area contributed by atoms with Crippen LogP contribution < -0.4 is 21.1 Å². The third kappa shape index (κ3) is 6.56. The number of aryl methyl sites for hydroxylation is 1. The number of halogens is 1. The van der Waals surface area contributed by atoms with E-state index in [1.165, 1.54) is 7.11 Å². The highest BCUT2D eigenvalue weighted by molar-refractivity contribution is 6.33. The van der Waals surface area contributed by atoms with Crippen LogP contribution in [0.4, 0.5) is 5.69 Å². The Morgan fingerprint density at radius 2 is 1.89 bits per heavy atom. The van der Waals surface area contributed by atoms with Crippen molar-refractivity contribution in [3.63, 3.8) is 0 Å². The molecule has 2 amide bonds. The van der Waals surface area contributed by atoms with E-state index in [0.29, 0.717) is 41.0 Å². The average Bonchev–Trinajstić information content (AvgIpc) is 3.50. The topological polar surface area (TPSA) is 102 Å². The lowest BCUT2D eigenvalue weighted by Gasteiger charge is -2.17. The van der Waals surface area contributed by atoms with E-state index in [9.17, 15) is 9.59 Å². The zero-order valence-corrected chi connectivity index (χ0v) is 22.3. The summed E-state index contributed by atoms with van der Waals surface area (Å²) in [7, 11) is 3.47. The van der Waals surface area contributed by atoms with Gasteiger partial charge in [0.2, 0.25) is 0 Å². The van der Waals surface area contributed by atoms with Crippen LogP contribution in [0.25, 0.3) is 10.9 Å². The van der Waals surface area contributed by atoms with E-state index in [1.54, 1.807) is 12.1 Å². The average molecular weight is 526 g/mol. The van der Waals surface area contributed by atoms with Crippen molar-refractivity contribution >= 4 is 40.0 Å². The second-order valence-electron chi connectivity index (χ2n) is 9.73. The summed E-state index contributed by atoms with van der Waals surface area (Å²) in [5.41, 5.74) is 8.37. The lowest BCUT2D eigenvalue weighted by Crippen LogP contribution is -2.31. The van der Waals surface area contributed by atoms with Gasteiger partial charge >= 0.3 is 0 Å². The van der Waals surface area contributed by atoms with Crippen LogP contribution in [0, 0.1) is 5.92 Å². The highest BCUT2D eigenvalue weighted by Crippen LogP contribution is 2.29. The molecule has 3 aromatic rings. The van der Waals surface area contributed by atoms with E-state index in [2.05, 4.69) is 15.5 Å². The Bertz CT molecular complexity index is 1260. The molecule has 0 saturated carbocycles. The smallest absolute Gasteiger partial charge is 0.255 e. The van der Waals surface area contributed by atoms with Crippen molar-refractivity contribution in [1.82, 2.24) is 20.1 Å². The summed E-state index contributed by atoms with van der Waals surface area (Å²) in [5, 5.41) is 7.41. The molecule has 0 aliphatic carbocycles. The third-order valence-corrected chi connectivity index (χ3v) is 7.39. The Kier molecular flexibility index (Phi) is 8.95. The summed E-state index contributed by atoms with van der Waals surface area (Å²) in [6, 6.07) is 11.1. The predicted octanol–water partition coefficient (Wildman–Crippen LogP) is 4.07. The van der Waals surface area contributed by atoms with Crippen molar-refractivity contribution in [2.45, 2.75) is 25.7 Å². The minimum Gasteiger partial charge on any atom is -0.496 e. The Morgan fingerprint density at radius 3 is 2.70 bits per heavy atom. The number of likely N-dealkylation sites (tertiary alicyclic amines) is 1. The number of nitrogens with zero attached hydrogens (tertiary/aromatic N) is 2. The molecular weight excluding hydrogens is 490 g/mol. The van der Waals surface area contributed by atoms with Crippen LogP contribution in [0.1, 0.15) is 46.4 Å². The molecule has 37 heavy (non-hydrogen) atoms. The first-order valence-electron chi connectivity index (χ1n) is 12.8. The van der Waals surface area contributed by atoms with Crippen LogP contribution in [0.5, 0.6) is 5.75 Å². The third-order valence-electron chi connectivity index (χ3n) is 7.06. The molecule has 1 fully saturated rings. The van der Waals surface area contributed by atoms with E-state index in [-0.39, 0.29) is 11.8 Å². The SMILES string of the molecule is COc1cc(N)c(Cl)cc1C(=O)NC[C@@H]1CCN(CCCCCNC(=O)c2cn(C)c3ccccc23)C1. The highest BCUT2D eigenvalue weighted by atomic mass is 35.5. The Morgan fingerprint density at radius 1 is 1.11 bits per heavy atom. The summed E-state index contributed by atoms with van der Waals surface area (Å²) in [6.45, 7) is 4.33. The molecule has 0 unspecified atom stereocenters. The van der Waals surface area contributed by atoms with Gasteiger partial charge in [-0.2, -0.15) is 0 Å². The number of carbonyl (C=O) groups excluding carboxylic acids is 2. The maximum atomic E-state index is 12.7.